The van der Waals surface area contributed by atoms with Gasteiger partial charge in [0.15, 0.2) is 0 Å². The van der Waals surface area contributed by atoms with E-state index in [9.17, 15) is 47.9 Å². The third-order valence-electron chi connectivity index (χ3n) is 16.1. The largest absolute Gasteiger partial charge is 0.448 e. The zero-order chi connectivity index (χ0) is 71.5. The molecule has 0 saturated heterocycles. The Bertz CT molecular complexity index is 2810. The van der Waals surface area contributed by atoms with E-state index in [1.54, 1.807) is 11.2 Å². The molecule has 0 fully saturated rings. The van der Waals surface area contributed by atoms with Gasteiger partial charge in [-0.3, -0.25) is 4.79 Å². The number of unbranched alkanes of at least 4 members (excludes halogenated alkanes) is 19. The van der Waals surface area contributed by atoms with Crippen LogP contribution in [0, 0.1) is 34.7 Å². The maximum absolute atomic E-state index is 13.4. The van der Waals surface area contributed by atoms with E-state index in [0.29, 0.717) is 114 Å². The number of aliphatic imine (C=N–C) groups is 2. The predicted molar refractivity (Wildman–Crippen MR) is 394 cm³/mol. The lowest BCUT2D eigenvalue weighted by Crippen LogP contribution is -2.54. The molecule has 0 aromatic carbocycles. The van der Waals surface area contributed by atoms with Crippen molar-refractivity contribution in [1.29, 1.82) is 5.26 Å². The Morgan fingerprint density at radius 3 is 1.14 bits per heavy atom. The second kappa shape index (κ2) is 56.2. The number of aromatic nitrogens is 6. The summed E-state index contributed by atoms with van der Waals surface area (Å²) >= 11 is 0. The number of aliphatic hydroxyl groups excluding tert-OH is 1. The minimum Gasteiger partial charge on any atom is -0.448 e. The van der Waals surface area contributed by atoms with Crippen molar-refractivity contribution in [3.63, 3.8) is 0 Å². The van der Waals surface area contributed by atoms with Crippen LogP contribution in [0.25, 0.3) is 0 Å². The number of hydrogen-bond donors (Lipinski definition) is 2. The molecule has 96 heavy (non-hydrogen) atoms. The van der Waals surface area contributed by atoms with Gasteiger partial charge in [0.1, 0.15) is 13.2 Å². The fourth-order valence-electron chi connectivity index (χ4n) is 10.7. The second-order valence-corrected chi connectivity index (χ2v) is 28.5. The molecule has 2 aromatic rings. The molecule has 2 N–H and O–H groups in total. The fraction of sp³-hybridized carbons (Fsp3) is 0.845. The Morgan fingerprint density at radius 1 is 0.500 bits per heavy atom. The number of carbonyl (C=O) groups is 2. The van der Waals surface area contributed by atoms with Crippen molar-refractivity contribution in [3.8, 4) is 6.26 Å². The van der Waals surface area contributed by atoms with Gasteiger partial charge in [0.05, 0.1) is 19.6 Å². The lowest BCUT2D eigenvalue weighted by molar-refractivity contribution is -0.136. The van der Waals surface area contributed by atoms with Crippen molar-refractivity contribution in [2.45, 2.75) is 321 Å². The van der Waals surface area contributed by atoms with Crippen molar-refractivity contribution in [3.05, 3.63) is 62.9 Å². The molecule has 0 aliphatic heterocycles. The highest BCUT2D eigenvalue weighted by Crippen LogP contribution is 2.20. The molecule has 0 bridgehead atoms. The molecule has 554 valence electrons. The van der Waals surface area contributed by atoms with Crippen molar-refractivity contribution < 1.29 is 35.2 Å². The van der Waals surface area contributed by atoms with Crippen LogP contribution in [0.2, 0.25) is 0 Å². The standard InChI is InChI=1S/C40H75N5O6.C24H36N6O6.C7H16O.HI.H2/c1-32(2)23-17-12-15-21-27-43-37(48)42(38(49)44(39(43)50)28-22-16-13-18-24-33(3)4)26-20-14-10-11-19-25-35(46)45(40(7,8)9)29-30-51-36(47)41-31-34(5)6;25-19-36-18-12-6-5-11-17-30-23(34)28(15-9-3-1-7-13-26-20-31)22(33)29(24(30)35)16-10-4-2-8-14-27-21-32;1-7(2,3)5-4-6-8;;/h32-34H,10-31H2,1-9H3,(H,41,47);1-18H2;8H,4-6H2,1-3H3;2*1H/i;;;;1+2. The Balaban J connectivity index is -0.00000167. The van der Waals surface area contributed by atoms with Crippen molar-refractivity contribution >= 4 is 48.1 Å². The molecule has 0 spiro atoms. The van der Waals surface area contributed by atoms with Gasteiger partial charge in [0.2, 0.25) is 18.1 Å². The quantitative estimate of drug-likeness (QED) is 0.0205. The Labute approximate surface area is 592 Å². The number of halogens is 1. The first-order valence-corrected chi connectivity index (χ1v) is 36.0. The molecular formula is C71H130IN11O13. The van der Waals surface area contributed by atoms with Gasteiger partial charge in [-0.1, -0.05) is 165 Å². The first kappa shape index (κ1) is 92.4. The number of amides is 2. The summed E-state index contributed by atoms with van der Waals surface area (Å²) in [5.41, 5.74) is -3.23. The van der Waals surface area contributed by atoms with E-state index in [1.807, 2.05) is 34.6 Å². The van der Waals surface area contributed by atoms with Crippen LogP contribution < -0.4 is 39.5 Å². The van der Waals surface area contributed by atoms with Crippen molar-refractivity contribution in [1.82, 2.24) is 37.6 Å². The number of hydrogen-bond acceptors (Lipinski definition) is 16. The zero-order valence-electron chi connectivity index (χ0n) is 61.4. The summed E-state index contributed by atoms with van der Waals surface area (Å²) < 4.78 is 17.2. The first-order chi connectivity index (χ1) is 45.2. The SMILES string of the molecule is CC(C)(C)CCCO.CC(C)CCCCCCn1c(=O)n(CCCCCCCC(=O)N(CCOC(=O)NCC(C)C)C(C)(C)C)c(=O)n(CCCCCCC(C)C)c1=O.I.N#COCCCCCCn1c(=O)n(CCCCCCN=C=O)c(=O)n(CCCCCCN=C=O)c1=O.[3HH]. The summed E-state index contributed by atoms with van der Waals surface area (Å²) in [4.78, 5) is 133. The molecule has 2 heterocycles. The number of isocyanates is 2. The molecule has 0 atom stereocenters. The summed E-state index contributed by atoms with van der Waals surface area (Å²) in [6.07, 6.45) is 29.3. The molecule has 0 saturated carbocycles. The lowest BCUT2D eigenvalue weighted by Gasteiger charge is -2.35. The van der Waals surface area contributed by atoms with Crippen LogP contribution in [0.1, 0.15) is 277 Å². The monoisotopic (exact) mass is 1470 g/mol. The van der Waals surface area contributed by atoms with Crippen LogP contribution in [-0.2, 0) is 63.1 Å². The molecule has 0 radical (unpaired) electrons. The van der Waals surface area contributed by atoms with Crippen molar-refractivity contribution in [2.75, 3.05) is 46.0 Å². The summed E-state index contributed by atoms with van der Waals surface area (Å²) in [6, 6.07) is 0. The highest BCUT2D eigenvalue weighted by Gasteiger charge is 2.26. The number of nitrogens with one attached hydrogen (secondary N) is 1. The predicted octanol–water partition coefficient (Wildman–Crippen LogP) is 12.4. The highest BCUT2D eigenvalue weighted by atomic mass is 127. The third kappa shape index (κ3) is 44.3. The molecule has 0 unspecified atom stereocenters. The number of nitrogens with zero attached hydrogens (tertiary/aromatic N) is 10. The zero-order valence-corrected chi connectivity index (χ0v) is 63.7. The van der Waals surface area contributed by atoms with E-state index in [4.69, 9.17) is 15.1 Å². The van der Waals surface area contributed by atoms with Gasteiger partial charge in [0.25, 0.3) is 6.26 Å². The van der Waals surface area contributed by atoms with E-state index in [1.165, 1.54) is 38.7 Å². The van der Waals surface area contributed by atoms with E-state index in [-0.39, 0.29) is 64.1 Å². The van der Waals surface area contributed by atoms with Crippen LogP contribution in [0.3, 0.4) is 0 Å². The normalized spacial score (nSPS) is 11.2. The number of aliphatic hydroxyl groups is 1. The molecule has 2 aromatic heterocycles. The minimum absolute atomic E-state index is 0. The van der Waals surface area contributed by atoms with E-state index in [2.05, 4.69) is 68.5 Å². The van der Waals surface area contributed by atoms with Gasteiger partial charge >= 0.3 is 40.2 Å². The second-order valence-electron chi connectivity index (χ2n) is 28.5. The first-order valence-electron chi connectivity index (χ1n) is 36.0. The molecule has 2 rings (SSSR count). The van der Waals surface area contributed by atoms with Gasteiger partial charge in [-0.2, -0.15) is 5.26 Å². The molecule has 0 aliphatic rings. The molecule has 0 aliphatic carbocycles. The van der Waals surface area contributed by atoms with E-state index in [0.717, 1.165) is 155 Å². The number of ether oxygens (including phenoxy) is 2. The average Bonchev–Trinajstić information content (AvgIpc) is 0.799. The summed E-state index contributed by atoms with van der Waals surface area (Å²) in [6.45, 7) is 29.5. The van der Waals surface area contributed by atoms with Gasteiger partial charge in [0, 0.05) is 65.8 Å². The number of alkyl carbamates (subject to hydrolysis) is 1. The third-order valence-corrected chi connectivity index (χ3v) is 16.1. The average molecular weight is 1470 g/mol. The van der Waals surface area contributed by atoms with Gasteiger partial charge in [-0.15, -0.1) is 24.0 Å². The summed E-state index contributed by atoms with van der Waals surface area (Å²) in [5.74, 6) is 1.70. The number of rotatable bonds is 50. The maximum Gasteiger partial charge on any atom is 0.407 e. The van der Waals surface area contributed by atoms with Gasteiger partial charge in [-0.25, -0.2) is 80.5 Å². The van der Waals surface area contributed by atoms with E-state index < -0.39 is 45.8 Å². The topological polar surface area (TPSA) is 303 Å². The smallest absolute Gasteiger partial charge is 0.407 e. The molecule has 25 heteroatoms. The highest BCUT2D eigenvalue weighted by molar-refractivity contribution is 14.0. The van der Waals surface area contributed by atoms with Crippen LogP contribution in [0.5, 0.6) is 0 Å². The van der Waals surface area contributed by atoms with Gasteiger partial charge < -0.3 is 24.8 Å². The fourth-order valence-corrected chi connectivity index (χ4v) is 10.7. The molecule has 24 nitrogen and oxygen atoms in total. The van der Waals surface area contributed by atoms with Crippen LogP contribution in [0.4, 0.5) is 4.79 Å². The summed E-state index contributed by atoms with van der Waals surface area (Å²) in [7, 11) is 0. The van der Waals surface area contributed by atoms with Crippen LogP contribution in [0.15, 0.2) is 38.8 Å². The van der Waals surface area contributed by atoms with Gasteiger partial charge in [-0.05, 0) is 127 Å². The number of carbonyl (C=O) groups excluding carboxylic acids is 4. The number of nitriles is 1. The minimum atomic E-state index is -0.592. The maximum atomic E-state index is 13.4. The molecule has 2 amide bonds. The Morgan fingerprint density at radius 2 is 0.833 bits per heavy atom. The van der Waals surface area contributed by atoms with Crippen LogP contribution >= 0.6 is 24.0 Å². The van der Waals surface area contributed by atoms with E-state index >= 15 is 0 Å². The van der Waals surface area contributed by atoms with Crippen molar-refractivity contribution in [2.24, 2.45) is 33.2 Å². The molecular weight excluding hydrogens is 1340 g/mol. The summed E-state index contributed by atoms with van der Waals surface area (Å²) in [5, 5.41) is 19.5. The Hall–Kier alpha value is -5.70. The lowest BCUT2D eigenvalue weighted by atomic mass is 9.91. The Kier molecular flexibility index (Phi) is 54.1. The van der Waals surface area contributed by atoms with Crippen LogP contribution in [-0.4, -0.2) is 113 Å².